The maximum Gasteiger partial charge on any atom is 0.407 e. The predicted octanol–water partition coefficient (Wildman–Crippen LogP) is 4.50. The molecule has 1 aromatic heterocycles. The van der Waals surface area contributed by atoms with Crippen molar-refractivity contribution in [1.82, 2.24) is 9.88 Å². The van der Waals surface area contributed by atoms with Gasteiger partial charge >= 0.3 is 6.09 Å². The Morgan fingerprint density at radius 3 is 2.75 bits per heavy atom. The Hall–Kier alpha value is -2.68. The van der Waals surface area contributed by atoms with E-state index in [1.807, 2.05) is 12.1 Å². The topological polar surface area (TPSA) is 92.2 Å². The third-order valence-electron chi connectivity index (χ3n) is 6.24. The first-order chi connectivity index (χ1) is 13.3. The van der Waals surface area contributed by atoms with Gasteiger partial charge in [0.1, 0.15) is 6.07 Å². The van der Waals surface area contributed by atoms with Gasteiger partial charge in [-0.25, -0.2) is 4.79 Å². The number of fused-ring (bicyclic) bond motifs is 3. The van der Waals surface area contributed by atoms with Crippen molar-refractivity contribution >= 4 is 22.7 Å². The van der Waals surface area contributed by atoms with Crippen LogP contribution in [0.5, 0.6) is 0 Å². The fourth-order valence-electron chi connectivity index (χ4n) is 5.16. The van der Waals surface area contributed by atoms with Gasteiger partial charge in [0.15, 0.2) is 0 Å². The van der Waals surface area contributed by atoms with Crippen molar-refractivity contribution in [3.8, 4) is 6.07 Å². The number of benzene rings is 1. The number of carbonyl (C=O) groups is 1. The van der Waals surface area contributed by atoms with E-state index in [1.54, 1.807) is 4.90 Å². The van der Waals surface area contributed by atoms with E-state index in [0.29, 0.717) is 12.1 Å². The molecule has 6 heteroatoms. The number of rotatable bonds is 2. The molecule has 0 bridgehead atoms. The Balaban J connectivity index is 1.77. The van der Waals surface area contributed by atoms with E-state index < -0.39 is 6.09 Å². The van der Waals surface area contributed by atoms with Crippen LogP contribution in [0.2, 0.25) is 0 Å². The van der Waals surface area contributed by atoms with Gasteiger partial charge in [0.25, 0.3) is 0 Å². The number of aromatic amines is 1. The summed E-state index contributed by atoms with van der Waals surface area (Å²) in [7, 11) is 0. The number of H-pyrrole nitrogens is 1. The Bertz CT molecular complexity index is 964. The number of aromatic nitrogens is 1. The van der Waals surface area contributed by atoms with Gasteiger partial charge in [-0.1, -0.05) is 20.8 Å². The van der Waals surface area contributed by atoms with E-state index in [4.69, 9.17) is 0 Å². The zero-order valence-corrected chi connectivity index (χ0v) is 16.8. The largest absolute Gasteiger partial charge is 0.465 e. The van der Waals surface area contributed by atoms with E-state index >= 15 is 0 Å². The molecule has 6 nitrogen and oxygen atoms in total. The summed E-state index contributed by atoms with van der Waals surface area (Å²) in [5, 5.41) is 24.0. The summed E-state index contributed by atoms with van der Waals surface area (Å²) in [6.45, 7) is 6.83. The first kappa shape index (κ1) is 18.7. The number of anilines is 1. The van der Waals surface area contributed by atoms with Gasteiger partial charge in [-0.15, -0.1) is 0 Å². The highest BCUT2D eigenvalue weighted by Crippen LogP contribution is 2.39. The number of carboxylic acid groups (broad SMARTS) is 1. The van der Waals surface area contributed by atoms with Crippen LogP contribution in [0.15, 0.2) is 12.1 Å². The lowest BCUT2D eigenvalue weighted by Crippen LogP contribution is -2.49. The summed E-state index contributed by atoms with van der Waals surface area (Å²) in [4.78, 5) is 16.8. The normalized spacial score (nSPS) is 22.1. The fraction of sp³-hybridized carbons (Fsp3) is 0.545. The maximum atomic E-state index is 11.8. The van der Waals surface area contributed by atoms with Gasteiger partial charge in [-0.05, 0) is 55.2 Å². The number of hydrogen-bond acceptors (Lipinski definition) is 3. The monoisotopic (exact) mass is 380 g/mol. The number of aryl methyl sites for hydroxylation is 2. The molecule has 1 saturated heterocycles. The molecule has 2 atom stereocenters. The van der Waals surface area contributed by atoms with Gasteiger partial charge in [-0.2, -0.15) is 5.26 Å². The number of nitriles is 1. The molecule has 0 spiro atoms. The molecule has 1 fully saturated rings. The smallest absolute Gasteiger partial charge is 0.407 e. The van der Waals surface area contributed by atoms with Crippen LogP contribution in [-0.4, -0.2) is 39.7 Å². The third kappa shape index (κ3) is 2.99. The molecule has 1 amide bonds. The van der Waals surface area contributed by atoms with Gasteiger partial charge in [-0.3, -0.25) is 0 Å². The summed E-state index contributed by atoms with van der Waals surface area (Å²) in [6.07, 6.45) is 4.31. The molecule has 1 aliphatic carbocycles. The lowest BCUT2D eigenvalue weighted by molar-refractivity contribution is 0.104. The standard InChI is InChI=1S/C22H28N4O2/c1-22(2,3)20-17(10-11-26(20)21(27)28)24-16-9-8-13(12-23)19-18(16)14-6-4-5-7-15(14)25-19/h8-9,17,20,24-25H,4-7,10-11H2,1-3H3,(H,27,28). The average Bonchev–Trinajstić information content (AvgIpc) is 3.23. The van der Waals surface area contributed by atoms with E-state index in [-0.39, 0.29) is 17.5 Å². The van der Waals surface area contributed by atoms with Crippen molar-refractivity contribution in [2.45, 2.75) is 65.0 Å². The van der Waals surface area contributed by atoms with Crippen molar-refractivity contribution in [3.05, 3.63) is 29.0 Å². The number of hydrogen-bond donors (Lipinski definition) is 3. The zero-order chi connectivity index (χ0) is 20.1. The average molecular weight is 380 g/mol. The molecule has 2 heterocycles. The van der Waals surface area contributed by atoms with Crippen LogP contribution in [0.4, 0.5) is 10.5 Å². The van der Waals surface area contributed by atoms with Crippen molar-refractivity contribution in [2.24, 2.45) is 5.41 Å². The van der Waals surface area contributed by atoms with E-state index in [9.17, 15) is 15.2 Å². The molecule has 3 N–H and O–H groups in total. The van der Waals surface area contributed by atoms with E-state index in [1.165, 1.54) is 17.7 Å². The zero-order valence-electron chi connectivity index (χ0n) is 16.8. The Labute approximate surface area is 165 Å². The number of nitrogens with one attached hydrogen (secondary N) is 2. The lowest BCUT2D eigenvalue weighted by atomic mass is 9.82. The first-order valence-corrected chi connectivity index (χ1v) is 10.1. The van der Waals surface area contributed by atoms with Crippen molar-refractivity contribution in [1.29, 1.82) is 5.26 Å². The highest BCUT2D eigenvalue weighted by molar-refractivity contribution is 5.99. The second kappa shape index (κ2) is 6.73. The molecule has 2 aromatic rings. The number of amides is 1. The van der Waals surface area contributed by atoms with E-state index in [2.05, 4.69) is 37.1 Å². The minimum Gasteiger partial charge on any atom is -0.465 e. The Morgan fingerprint density at radius 1 is 1.32 bits per heavy atom. The van der Waals surface area contributed by atoms with Crippen LogP contribution in [-0.2, 0) is 12.8 Å². The lowest BCUT2D eigenvalue weighted by Gasteiger charge is -2.37. The Kier molecular flexibility index (Phi) is 4.49. The molecular formula is C22H28N4O2. The SMILES string of the molecule is CC(C)(C)C1C(Nc2ccc(C#N)c3[nH]c4c(c23)CCCC4)CCN1C(=O)O. The fourth-order valence-corrected chi connectivity index (χ4v) is 5.16. The molecule has 0 radical (unpaired) electrons. The summed E-state index contributed by atoms with van der Waals surface area (Å²) >= 11 is 0. The van der Waals surface area contributed by atoms with Crippen molar-refractivity contribution in [2.75, 3.05) is 11.9 Å². The van der Waals surface area contributed by atoms with Crippen LogP contribution in [0.25, 0.3) is 10.9 Å². The molecule has 2 aliphatic rings. The van der Waals surface area contributed by atoms with Gasteiger partial charge < -0.3 is 20.3 Å². The number of nitrogens with zero attached hydrogens (tertiary/aromatic N) is 2. The summed E-state index contributed by atoms with van der Waals surface area (Å²) in [5.41, 5.74) is 5.00. The summed E-state index contributed by atoms with van der Waals surface area (Å²) in [5.74, 6) is 0. The molecule has 2 unspecified atom stereocenters. The molecule has 1 aliphatic heterocycles. The number of likely N-dealkylation sites (tertiary alicyclic amines) is 1. The maximum absolute atomic E-state index is 11.8. The highest BCUT2D eigenvalue weighted by Gasteiger charge is 2.44. The molecule has 148 valence electrons. The van der Waals surface area contributed by atoms with Crippen LogP contribution in [0.1, 0.15) is 56.9 Å². The molecule has 1 aromatic carbocycles. The second-order valence-corrected chi connectivity index (χ2v) is 9.14. The second-order valence-electron chi connectivity index (χ2n) is 9.14. The van der Waals surface area contributed by atoms with Crippen molar-refractivity contribution < 1.29 is 9.90 Å². The van der Waals surface area contributed by atoms with Crippen molar-refractivity contribution in [3.63, 3.8) is 0 Å². The summed E-state index contributed by atoms with van der Waals surface area (Å²) < 4.78 is 0. The molecule has 28 heavy (non-hydrogen) atoms. The predicted molar refractivity (Wildman–Crippen MR) is 110 cm³/mol. The van der Waals surface area contributed by atoms with Crippen LogP contribution >= 0.6 is 0 Å². The first-order valence-electron chi connectivity index (χ1n) is 10.1. The van der Waals surface area contributed by atoms with Crippen LogP contribution in [0, 0.1) is 16.7 Å². The minimum atomic E-state index is -0.853. The minimum absolute atomic E-state index is 0.0429. The van der Waals surface area contributed by atoms with Crippen LogP contribution in [0.3, 0.4) is 0 Å². The molecule has 0 saturated carbocycles. The molecule has 4 rings (SSSR count). The Morgan fingerprint density at radius 2 is 2.07 bits per heavy atom. The van der Waals surface area contributed by atoms with Gasteiger partial charge in [0.05, 0.1) is 17.1 Å². The van der Waals surface area contributed by atoms with Crippen LogP contribution < -0.4 is 5.32 Å². The molecular weight excluding hydrogens is 352 g/mol. The highest BCUT2D eigenvalue weighted by atomic mass is 16.4. The summed E-state index contributed by atoms with van der Waals surface area (Å²) in [6, 6.07) is 6.10. The van der Waals surface area contributed by atoms with Gasteiger partial charge in [0, 0.05) is 29.4 Å². The van der Waals surface area contributed by atoms with E-state index in [0.717, 1.165) is 42.3 Å². The van der Waals surface area contributed by atoms with Gasteiger partial charge in [0.2, 0.25) is 0 Å². The quantitative estimate of drug-likeness (QED) is 0.715. The third-order valence-corrected chi connectivity index (χ3v) is 6.24.